The van der Waals surface area contributed by atoms with Crippen LogP contribution in [0.4, 0.5) is 26.3 Å². The van der Waals surface area contributed by atoms with Crippen molar-refractivity contribution in [1.82, 2.24) is 0 Å². The van der Waals surface area contributed by atoms with Crippen molar-refractivity contribution in [3.05, 3.63) is 23.8 Å². The lowest BCUT2D eigenvalue weighted by molar-refractivity contribution is -0.267. The molecule has 128 valence electrons. The SMILES string of the molecule is C=C(C)C(=O)OC.CC(=CC(C(F)(F)F)C(F)(F)F)C(=O)O. The van der Waals surface area contributed by atoms with Gasteiger partial charge in [-0.1, -0.05) is 12.7 Å². The molecule has 0 rings (SSSR count). The number of carbonyl (C=O) groups excluding carboxylic acids is 1. The monoisotopic (exact) mass is 336 g/mol. The lowest BCUT2D eigenvalue weighted by atomic mass is 10.1. The number of hydrogen-bond donors (Lipinski definition) is 1. The highest BCUT2D eigenvalue weighted by atomic mass is 19.4. The van der Waals surface area contributed by atoms with E-state index in [1.165, 1.54) is 7.11 Å². The highest BCUT2D eigenvalue weighted by molar-refractivity contribution is 5.86. The molecular weight excluding hydrogens is 322 g/mol. The Kier molecular flexibility index (Phi) is 8.55. The number of halogens is 6. The fourth-order valence-electron chi connectivity index (χ4n) is 0.870. The van der Waals surface area contributed by atoms with Gasteiger partial charge in [-0.25, -0.2) is 9.59 Å². The van der Waals surface area contributed by atoms with Crippen molar-refractivity contribution in [3.63, 3.8) is 0 Å². The number of hydrogen-bond acceptors (Lipinski definition) is 3. The van der Waals surface area contributed by atoms with Crippen molar-refractivity contribution < 1.29 is 45.8 Å². The fourth-order valence-corrected chi connectivity index (χ4v) is 0.870. The van der Waals surface area contributed by atoms with Crippen LogP contribution in [0.15, 0.2) is 23.8 Å². The van der Waals surface area contributed by atoms with Crippen molar-refractivity contribution in [2.45, 2.75) is 26.2 Å². The van der Waals surface area contributed by atoms with Gasteiger partial charge in [0, 0.05) is 11.1 Å². The first kappa shape index (κ1) is 22.3. The molecule has 0 atom stereocenters. The van der Waals surface area contributed by atoms with Crippen molar-refractivity contribution >= 4 is 11.9 Å². The number of carboxylic acids is 1. The number of alkyl halides is 6. The minimum atomic E-state index is -5.55. The summed E-state index contributed by atoms with van der Waals surface area (Å²) in [7, 11) is 1.33. The second kappa shape index (κ2) is 8.44. The third-order valence-electron chi connectivity index (χ3n) is 1.99. The van der Waals surface area contributed by atoms with Gasteiger partial charge in [0.2, 0.25) is 0 Å². The van der Waals surface area contributed by atoms with E-state index in [0.717, 1.165) is 0 Å². The van der Waals surface area contributed by atoms with E-state index in [1.54, 1.807) is 6.92 Å². The Morgan fingerprint density at radius 2 is 1.45 bits per heavy atom. The van der Waals surface area contributed by atoms with E-state index in [4.69, 9.17) is 5.11 Å². The van der Waals surface area contributed by atoms with Gasteiger partial charge in [-0.2, -0.15) is 26.3 Å². The van der Waals surface area contributed by atoms with E-state index in [-0.39, 0.29) is 12.0 Å². The highest BCUT2D eigenvalue weighted by Crippen LogP contribution is 2.40. The standard InChI is InChI=1S/C7H6F6O2.C5H8O2/c1-3(5(14)15)2-4(6(8,9)10)7(11,12)13;1-4(2)5(6)7-3/h2,4H,1H3,(H,14,15);1H2,2-3H3. The molecule has 0 bridgehead atoms. The molecule has 0 unspecified atom stereocenters. The zero-order valence-corrected chi connectivity index (χ0v) is 11.8. The van der Waals surface area contributed by atoms with Gasteiger partial charge in [0.05, 0.1) is 7.11 Å². The molecule has 0 aromatic carbocycles. The van der Waals surface area contributed by atoms with Crippen LogP contribution in [0.5, 0.6) is 0 Å². The summed E-state index contributed by atoms with van der Waals surface area (Å²) in [6, 6.07) is 0. The Labute approximate surface area is 122 Å². The zero-order valence-electron chi connectivity index (χ0n) is 11.8. The quantitative estimate of drug-likeness (QED) is 0.487. The topological polar surface area (TPSA) is 63.6 Å². The lowest BCUT2D eigenvalue weighted by Gasteiger charge is -2.20. The third kappa shape index (κ3) is 9.03. The summed E-state index contributed by atoms with van der Waals surface area (Å²) >= 11 is 0. The Balaban J connectivity index is 0. The average Bonchev–Trinajstić information content (AvgIpc) is 2.32. The fraction of sp³-hybridized carbons (Fsp3) is 0.500. The molecule has 4 nitrogen and oxygen atoms in total. The van der Waals surface area contributed by atoms with E-state index in [9.17, 15) is 35.9 Å². The zero-order chi connectivity index (χ0) is 18.3. The van der Waals surface area contributed by atoms with Crippen LogP contribution >= 0.6 is 0 Å². The number of aliphatic carboxylic acids is 1. The van der Waals surface area contributed by atoms with Crippen LogP contribution in [0.3, 0.4) is 0 Å². The smallest absolute Gasteiger partial charge is 0.403 e. The number of rotatable bonds is 3. The molecule has 0 aromatic heterocycles. The second-order valence-corrected chi connectivity index (χ2v) is 3.99. The van der Waals surface area contributed by atoms with Crippen LogP contribution in [0.1, 0.15) is 13.8 Å². The summed E-state index contributed by atoms with van der Waals surface area (Å²) in [5.74, 6) is -5.92. The van der Waals surface area contributed by atoms with Crippen LogP contribution < -0.4 is 0 Å². The molecule has 0 radical (unpaired) electrons. The molecule has 10 heteroatoms. The molecule has 0 aliphatic rings. The summed E-state index contributed by atoms with van der Waals surface area (Å²) in [6.07, 6.45) is -11.5. The number of ether oxygens (including phenoxy) is 1. The maximum Gasteiger partial charge on any atom is 0.403 e. The number of carbonyl (C=O) groups is 2. The highest BCUT2D eigenvalue weighted by Gasteiger charge is 2.55. The first-order valence-corrected chi connectivity index (χ1v) is 5.43. The molecule has 0 spiro atoms. The number of carboxylic acid groups (broad SMARTS) is 1. The van der Waals surface area contributed by atoms with Crippen LogP contribution in [-0.2, 0) is 14.3 Å². The first-order valence-electron chi connectivity index (χ1n) is 5.43. The summed E-state index contributed by atoms with van der Waals surface area (Å²) in [5.41, 5.74) is -0.572. The Bertz CT molecular complexity index is 434. The molecule has 1 N–H and O–H groups in total. The van der Waals surface area contributed by atoms with E-state index in [2.05, 4.69) is 11.3 Å². The largest absolute Gasteiger partial charge is 0.478 e. The number of methoxy groups -OCH3 is 1. The van der Waals surface area contributed by atoms with Crippen molar-refractivity contribution in [1.29, 1.82) is 0 Å². The molecule has 0 amide bonds. The molecule has 0 heterocycles. The van der Waals surface area contributed by atoms with E-state index >= 15 is 0 Å². The molecule has 0 aromatic rings. The van der Waals surface area contributed by atoms with Crippen molar-refractivity contribution in [3.8, 4) is 0 Å². The van der Waals surface area contributed by atoms with Crippen molar-refractivity contribution in [2.24, 2.45) is 5.92 Å². The Morgan fingerprint density at radius 3 is 1.59 bits per heavy atom. The molecule has 0 aliphatic carbocycles. The van der Waals surface area contributed by atoms with Gasteiger partial charge in [0.1, 0.15) is 0 Å². The van der Waals surface area contributed by atoms with Gasteiger partial charge < -0.3 is 9.84 Å². The van der Waals surface area contributed by atoms with Gasteiger partial charge >= 0.3 is 24.3 Å². The molecule has 22 heavy (non-hydrogen) atoms. The van der Waals surface area contributed by atoms with Gasteiger partial charge in [-0.3, -0.25) is 0 Å². The summed E-state index contributed by atoms with van der Waals surface area (Å²) < 4.78 is 75.6. The predicted molar refractivity (Wildman–Crippen MR) is 63.8 cm³/mol. The van der Waals surface area contributed by atoms with Gasteiger partial charge in [0.25, 0.3) is 0 Å². The van der Waals surface area contributed by atoms with Crippen LogP contribution in [0.25, 0.3) is 0 Å². The Hall–Kier alpha value is -2.00. The average molecular weight is 336 g/mol. The third-order valence-corrected chi connectivity index (χ3v) is 1.99. The summed E-state index contributed by atoms with van der Waals surface area (Å²) in [5, 5.41) is 8.16. The molecular formula is C12H14F6O4. The van der Waals surface area contributed by atoms with Gasteiger partial charge in [-0.15, -0.1) is 0 Å². The van der Waals surface area contributed by atoms with Crippen LogP contribution in [0.2, 0.25) is 0 Å². The second-order valence-electron chi connectivity index (χ2n) is 3.99. The lowest BCUT2D eigenvalue weighted by Crippen LogP contribution is -2.35. The Morgan fingerprint density at radius 1 is 1.09 bits per heavy atom. The summed E-state index contributed by atoms with van der Waals surface area (Å²) in [6.45, 7) is 5.61. The first-order chi connectivity index (χ1) is 9.64. The normalized spacial score (nSPS) is 12.4. The maximum absolute atomic E-state index is 11.9. The van der Waals surface area contributed by atoms with Crippen molar-refractivity contribution in [2.75, 3.05) is 7.11 Å². The molecule has 0 aliphatic heterocycles. The summed E-state index contributed by atoms with van der Waals surface area (Å²) in [4.78, 5) is 20.3. The predicted octanol–water partition coefficient (Wildman–Crippen LogP) is 3.49. The number of esters is 1. The minimum Gasteiger partial charge on any atom is -0.478 e. The molecule has 0 fully saturated rings. The van der Waals surface area contributed by atoms with Gasteiger partial charge in [0.15, 0.2) is 5.92 Å². The molecule has 0 saturated heterocycles. The minimum absolute atomic E-state index is 0.347. The van der Waals surface area contributed by atoms with Gasteiger partial charge in [-0.05, 0) is 13.8 Å². The van der Waals surface area contributed by atoms with E-state index in [0.29, 0.717) is 12.5 Å². The van der Waals surface area contributed by atoms with Crippen LogP contribution in [0, 0.1) is 5.92 Å². The number of allylic oxidation sites excluding steroid dienone is 1. The van der Waals surface area contributed by atoms with E-state index in [1.807, 2.05) is 0 Å². The molecule has 0 saturated carbocycles. The van der Waals surface area contributed by atoms with Crippen LogP contribution in [-0.4, -0.2) is 36.5 Å². The maximum atomic E-state index is 11.9. The van der Waals surface area contributed by atoms with E-state index < -0.39 is 29.8 Å².